The number of halogens is 1. The van der Waals surface area contributed by atoms with E-state index in [4.69, 9.17) is 24.2 Å². The summed E-state index contributed by atoms with van der Waals surface area (Å²) in [5, 5.41) is 0.766. The summed E-state index contributed by atoms with van der Waals surface area (Å²) in [4.78, 5) is 19.3. The number of anilines is 1. The van der Waals surface area contributed by atoms with E-state index in [1.165, 1.54) is 0 Å². The molecule has 0 aliphatic rings. The zero-order chi connectivity index (χ0) is 17.7. The van der Waals surface area contributed by atoms with Crippen molar-refractivity contribution in [1.82, 2.24) is 0 Å². The van der Waals surface area contributed by atoms with Crippen LogP contribution in [0.2, 0.25) is 5.02 Å². The summed E-state index contributed by atoms with van der Waals surface area (Å²) in [5.41, 5.74) is 1.48. The Morgan fingerprint density at radius 2 is 1.88 bits per heavy atom. The van der Waals surface area contributed by atoms with Gasteiger partial charge >= 0.3 is 0 Å². The van der Waals surface area contributed by atoms with Crippen LogP contribution in [0.5, 0.6) is 0 Å². The second-order valence-corrected chi connectivity index (χ2v) is 6.28. The third-order valence-corrected chi connectivity index (χ3v) is 4.27. The fourth-order valence-corrected chi connectivity index (χ4v) is 2.91. The van der Waals surface area contributed by atoms with Crippen LogP contribution in [0, 0.1) is 0 Å². The lowest BCUT2D eigenvalue weighted by Crippen LogP contribution is -2.47. The molecule has 0 bridgehead atoms. The fourth-order valence-electron chi connectivity index (χ4n) is 2.33. The summed E-state index contributed by atoms with van der Waals surface area (Å²) < 4.78 is 1.78. The zero-order valence-electron chi connectivity index (χ0n) is 13.9. The van der Waals surface area contributed by atoms with Crippen molar-refractivity contribution in [2.45, 2.75) is 13.0 Å². The molecule has 4 nitrogen and oxygen atoms in total. The molecule has 6 heteroatoms. The summed E-state index contributed by atoms with van der Waals surface area (Å²) in [5.74, 6) is -0.162. The van der Waals surface area contributed by atoms with E-state index in [1.807, 2.05) is 50.4 Å². The number of ketones is 1. The van der Waals surface area contributed by atoms with Crippen molar-refractivity contribution in [2.75, 3.05) is 25.5 Å². The number of aromatic nitrogens is 1. The van der Waals surface area contributed by atoms with Crippen LogP contribution in [0.3, 0.4) is 0 Å². The highest BCUT2D eigenvalue weighted by Gasteiger charge is 2.29. The zero-order valence-corrected chi connectivity index (χ0v) is 15.5. The Labute approximate surface area is 153 Å². The van der Waals surface area contributed by atoms with E-state index in [1.54, 1.807) is 28.8 Å². The van der Waals surface area contributed by atoms with Crippen LogP contribution < -0.4 is 9.47 Å². The van der Waals surface area contributed by atoms with Crippen molar-refractivity contribution in [1.29, 1.82) is 0 Å². The molecule has 2 rings (SSSR count). The van der Waals surface area contributed by atoms with Crippen molar-refractivity contribution in [2.24, 2.45) is 4.99 Å². The predicted molar refractivity (Wildman–Crippen MR) is 101 cm³/mol. The normalized spacial score (nSPS) is 12.8. The Hall–Kier alpha value is -1.98. The molecule has 1 heterocycles. The molecule has 24 heavy (non-hydrogen) atoms. The summed E-state index contributed by atoms with van der Waals surface area (Å²) >= 11 is 11.6. The third-order valence-electron chi connectivity index (χ3n) is 3.58. The second-order valence-electron chi connectivity index (χ2n) is 5.46. The van der Waals surface area contributed by atoms with Crippen LogP contribution in [0.25, 0.3) is 0 Å². The number of aliphatic imine (C=N–C) groups is 1. The standard InChI is InChI=1S/C18H20ClN3OS/c1-4-20-18(24)16(17(23)14-7-5-6-8-15(14)19)22-11-9-13(10-12-22)21(2)3/h5-12,16H,4H2,1-3H3. The van der Waals surface area contributed by atoms with Gasteiger partial charge < -0.3 is 22.5 Å². The molecule has 0 aliphatic carbocycles. The number of benzene rings is 1. The number of hydrogen-bond donors (Lipinski definition) is 0. The van der Waals surface area contributed by atoms with E-state index in [9.17, 15) is 4.79 Å². The van der Waals surface area contributed by atoms with Crippen molar-refractivity contribution in [3.63, 3.8) is 0 Å². The van der Waals surface area contributed by atoms with Gasteiger partial charge in [0.15, 0.2) is 12.4 Å². The lowest BCUT2D eigenvalue weighted by Gasteiger charge is -2.19. The molecule has 1 atom stereocenters. The van der Waals surface area contributed by atoms with Gasteiger partial charge in [0.05, 0.1) is 5.02 Å². The minimum atomic E-state index is -0.684. The molecule has 0 amide bonds. The van der Waals surface area contributed by atoms with Gasteiger partial charge in [0.25, 0.3) is 0 Å². The molecule has 0 aliphatic heterocycles. The largest absolute Gasteiger partial charge is 0.758 e. The average Bonchev–Trinajstić information content (AvgIpc) is 2.56. The lowest BCUT2D eigenvalue weighted by molar-refractivity contribution is -0.691. The van der Waals surface area contributed by atoms with Gasteiger partial charge in [0.2, 0.25) is 11.8 Å². The lowest BCUT2D eigenvalue weighted by atomic mass is 10.0. The summed E-state index contributed by atoms with van der Waals surface area (Å²) in [6.45, 7) is 2.42. The summed E-state index contributed by atoms with van der Waals surface area (Å²) in [6, 6.07) is 10.2. The van der Waals surface area contributed by atoms with Crippen molar-refractivity contribution in [3.05, 3.63) is 59.4 Å². The third kappa shape index (κ3) is 4.10. The van der Waals surface area contributed by atoms with E-state index >= 15 is 0 Å². The molecule has 0 radical (unpaired) electrons. The maximum Gasteiger partial charge on any atom is 0.237 e. The van der Waals surface area contributed by atoms with Gasteiger partial charge in [-0.3, -0.25) is 4.79 Å². The molecule has 0 spiro atoms. The minimum Gasteiger partial charge on any atom is -0.758 e. The average molecular weight is 362 g/mol. The maximum absolute atomic E-state index is 13.0. The monoisotopic (exact) mass is 361 g/mol. The Morgan fingerprint density at radius 1 is 1.25 bits per heavy atom. The van der Waals surface area contributed by atoms with Crippen molar-refractivity contribution in [3.8, 4) is 0 Å². The molecular weight excluding hydrogens is 342 g/mol. The van der Waals surface area contributed by atoms with Crippen LogP contribution >= 0.6 is 11.6 Å². The van der Waals surface area contributed by atoms with Crippen molar-refractivity contribution >= 4 is 40.7 Å². The van der Waals surface area contributed by atoms with E-state index in [2.05, 4.69) is 4.99 Å². The second kappa shape index (κ2) is 8.22. The Kier molecular flexibility index (Phi) is 6.29. The molecule has 2 aromatic rings. The molecule has 0 N–H and O–H groups in total. The first kappa shape index (κ1) is 18.4. The predicted octanol–water partition coefficient (Wildman–Crippen LogP) is 3.08. The van der Waals surface area contributed by atoms with Crippen LogP contribution in [0.15, 0.2) is 53.8 Å². The number of rotatable bonds is 6. The first-order valence-corrected chi connectivity index (χ1v) is 8.42. The first-order chi connectivity index (χ1) is 11.5. The van der Waals surface area contributed by atoms with Crippen LogP contribution in [0.1, 0.15) is 23.3 Å². The van der Waals surface area contributed by atoms with Crippen molar-refractivity contribution < 1.29 is 9.36 Å². The number of nitrogens with zero attached hydrogens (tertiary/aromatic N) is 3. The van der Waals surface area contributed by atoms with E-state index in [0.717, 1.165) is 5.69 Å². The van der Waals surface area contributed by atoms with Gasteiger partial charge in [-0.25, -0.2) is 0 Å². The Bertz CT molecular complexity index is 744. The molecule has 0 saturated heterocycles. The highest BCUT2D eigenvalue weighted by atomic mass is 35.5. The van der Waals surface area contributed by atoms with Gasteiger partial charge in [0, 0.05) is 44.0 Å². The van der Waals surface area contributed by atoms with E-state index < -0.39 is 6.04 Å². The van der Waals surface area contributed by atoms with Gasteiger partial charge in [0.1, 0.15) is 0 Å². The quantitative estimate of drug-likeness (QED) is 0.261. The summed E-state index contributed by atoms with van der Waals surface area (Å²) in [6.07, 6.45) is 3.68. The highest BCUT2D eigenvalue weighted by molar-refractivity contribution is 7.77. The van der Waals surface area contributed by atoms with Crippen LogP contribution in [-0.4, -0.2) is 31.5 Å². The van der Waals surface area contributed by atoms with Gasteiger partial charge in [-0.05, 0) is 24.1 Å². The SMILES string of the molecule is CCN=C([S-])C(C(=O)c1ccccc1Cl)[n+]1ccc(N(C)C)cc1. The molecule has 1 unspecified atom stereocenters. The number of Topliss-reactive ketones (excluding diaryl/α,β-unsaturated/α-hetero) is 1. The Morgan fingerprint density at radius 3 is 2.42 bits per heavy atom. The topological polar surface area (TPSA) is 36.6 Å². The van der Waals surface area contributed by atoms with Crippen LogP contribution in [-0.2, 0) is 12.6 Å². The first-order valence-electron chi connectivity index (χ1n) is 7.64. The molecule has 0 saturated carbocycles. The molecule has 1 aromatic carbocycles. The van der Waals surface area contributed by atoms with Gasteiger partial charge in [-0.2, -0.15) is 4.57 Å². The number of carbonyl (C=O) groups excluding carboxylic acids is 1. The van der Waals surface area contributed by atoms with Gasteiger partial charge in [-0.15, -0.1) is 0 Å². The Balaban J connectivity index is 2.47. The number of carbonyl (C=O) groups is 1. The fraction of sp³-hybridized carbons (Fsp3) is 0.278. The van der Waals surface area contributed by atoms with E-state index in [0.29, 0.717) is 22.2 Å². The number of pyridine rings is 1. The molecular formula is C18H20ClN3OS. The van der Waals surface area contributed by atoms with Crippen LogP contribution in [0.4, 0.5) is 5.69 Å². The molecule has 1 aromatic heterocycles. The van der Waals surface area contributed by atoms with Gasteiger partial charge in [-0.1, -0.05) is 23.7 Å². The summed E-state index contributed by atoms with van der Waals surface area (Å²) in [7, 11) is 3.92. The molecule has 0 fully saturated rings. The number of hydrogen-bond acceptors (Lipinski definition) is 4. The van der Waals surface area contributed by atoms with E-state index in [-0.39, 0.29) is 5.78 Å². The smallest absolute Gasteiger partial charge is 0.237 e. The maximum atomic E-state index is 13.0. The highest BCUT2D eigenvalue weighted by Crippen LogP contribution is 2.20. The minimum absolute atomic E-state index is 0.162. The molecule has 126 valence electrons.